The summed E-state index contributed by atoms with van der Waals surface area (Å²) in [5.41, 5.74) is 2.14. The number of likely N-dealkylation sites (N-methyl/N-ethyl adjacent to an activating group) is 2. The molecule has 0 aromatic carbocycles. The van der Waals surface area contributed by atoms with Gasteiger partial charge in [0.25, 0.3) is 5.91 Å². The van der Waals surface area contributed by atoms with Crippen molar-refractivity contribution >= 4 is 11.7 Å². The number of amides is 1. The second kappa shape index (κ2) is 6.82. The molecule has 0 aliphatic carbocycles. The van der Waals surface area contributed by atoms with Gasteiger partial charge in [0.2, 0.25) is 0 Å². The van der Waals surface area contributed by atoms with Crippen molar-refractivity contribution < 1.29 is 9.18 Å². The third-order valence-corrected chi connectivity index (χ3v) is 3.99. The number of hydrazine groups is 1. The van der Waals surface area contributed by atoms with E-state index in [2.05, 4.69) is 22.2 Å². The number of hydrogen-bond donors (Lipinski definition) is 2. The first-order valence-electron chi connectivity index (χ1n) is 7.19. The molecule has 1 aliphatic heterocycles. The Morgan fingerprint density at radius 2 is 2.43 bits per heavy atom. The van der Waals surface area contributed by atoms with Crippen molar-refractivity contribution in [1.29, 1.82) is 0 Å². The first kappa shape index (κ1) is 15.7. The number of aromatic nitrogens is 1. The number of pyridine rings is 1. The summed E-state index contributed by atoms with van der Waals surface area (Å²) in [6.07, 6.45) is 3.58. The van der Waals surface area contributed by atoms with Gasteiger partial charge in [-0.3, -0.25) is 9.69 Å². The highest BCUT2D eigenvalue weighted by Gasteiger charge is 2.27. The molecule has 2 rings (SSSR count). The van der Waals surface area contributed by atoms with Crippen molar-refractivity contribution in [2.45, 2.75) is 25.8 Å². The van der Waals surface area contributed by atoms with Crippen LogP contribution in [0.25, 0.3) is 0 Å². The molecule has 1 atom stereocenters. The van der Waals surface area contributed by atoms with E-state index in [-0.39, 0.29) is 17.3 Å². The second-order valence-corrected chi connectivity index (χ2v) is 5.28. The van der Waals surface area contributed by atoms with Gasteiger partial charge >= 0.3 is 0 Å². The molecule has 1 aromatic rings. The molecule has 1 fully saturated rings. The zero-order valence-corrected chi connectivity index (χ0v) is 12.5. The molecule has 0 spiro atoms. The maximum Gasteiger partial charge on any atom is 0.256 e. The van der Waals surface area contributed by atoms with Gasteiger partial charge < -0.3 is 10.3 Å². The van der Waals surface area contributed by atoms with Crippen LogP contribution in [0.15, 0.2) is 12.3 Å². The van der Waals surface area contributed by atoms with E-state index >= 15 is 0 Å². The number of nitrogens with two attached hydrogens (primary N) is 1. The normalized spacial score (nSPS) is 18.8. The lowest BCUT2D eigenvalue weighted by atomic mass is 10.1. The smallest absolute Gasteiger partial charge is 0.256 e. The van der Waals surface area contributed by atoms with Crippen LogP contribution in [-0.4, -0.2) is 53.4 Å². The maximum atomic E-state index is 14.1. The minimum atomic E-state index is -0.712. The lowest BCUT2D eigenvalue weighted by molar-refractivity contribution is 0.0750. The van der Waals surface area contributed by atoms with Gasteiger partial charge in [0.05, 0.1) is 5.56 Å². The Bertz CT molecular complexity index is 510. The molecule has 1 aromatic heterocycles. The predicted molar refractivity (Wildman–Crippen MR) is 79.2 cm³/mol. The Morgan fingerprint density at radius 1 is 1.67 bits per heavy atom. The van der Waals surface area contributed by atoms with E-state index in [1.54, 1.807) is 11.9 Å². The molecule has 1 unspecified atom stereocenters. The molecule has 1 aliphatic rings. The number of nitrogen functional groups attached to an aromatic ring is 1. The van der Waals surface area contributed by atoms with E-state index in [1.807, 2.05) is 0 Å². The van der Waals surface area contributed by atoms with E-state index in [0.29, 0.717) is 12.6 Å². The Kier molecular flexibility index (Phi) is 5.08. The standard InChI is InChI=1S/C14H22FN5O/c1-3-20-8-4-5-10(20)9-19(2)14(21)11-6-7-17-13(18-16)12(11)15/h6-7,10H,3-5,8-9,16H2,1-2H3,(H,17,18). The third-order valence-electron chi connectivity index (χ3n) is 3.99. The van der Waals surface area contributed by atoms with Crippen LogP contribution in [0, 0.1) is 5.82 Å². The van der Waals surface area contributed by atoms with Crippen LogP contribution in [0.5, 0.6) is 0 Å². The summed E-state index contributed by atoms with van der Waals surface area (Å²) in [7, 11) is 1.70. The summed E-state index contributed by atoms with van der Waals surface area (Å²) < 4.78 is 14.1. The number of likely N-dealkylation sites (tertiary alicyclic amines) is 1. The molecule has 3 N–H and O–H groups in total. The van der Waals surface area contributed by atoms with Crippen molar-refractivity contribution in [3.8, 4) is 0 Å². The molecule has 2 heterocycles. The van der Waals surface area contributed by atoms with Crippen molar-refractivity contribution in [2.75, 3.05) is 32.1 Å². The van der Waals surface area contributed by atoms with E-state index in [1.165, 1.54) is 12.3 Å². The molecule has 116 valence electrons. The van der Waals surface area contributed by atoms with Crippen LogP contribution in [0.3, 0.4) is 0 Å². The lowest BCUT2D eigenvalue weighted by Gasteiger charge is -2.28. The molecule has 1 amide bonds. The zero-order chi connectivity index (χ0) is 15.4. The predicted octanol–water partition coefficient (Wildman–Crippen LogP) is 1.06. The Balaban J connectivity index is 2.09. The van der Waals surface area contributed by atoms with Gasteiger partial charge in [0, 0.05) is 25.8 Å². The summed E-state index contributed by atoms with van der Waals surface area (Å²) in [6, 6.07) is 1.72. The zero-order valence-electron chi connectivity index (χ0n) is 12.5. The van der Waals surface area contributed by atoms with Crippen LogP contribution in [0.4, 0.5) is 10.2 Å². The Morgan fingerprint density at radius 3 is 3.10 bits per heavy atom. The van der Waals surface area contributed by atoms with Crippen LogP contribution >= 0.6 is 0 Å². The van der Waals surface area contributed by atoms with Crippen molar-refractivity contribution in [1.82, 2.24) is 14.8 Å². The van der Waals surface area contributed by atoms with Crippen LogP contribution in [0.2, 0.25) is 0 Å². The minimum absolute atomic E-state index is 0.0125. The third kappa shape index (κ3) is 3.30. The van der Waals surface area contributed by atoms with Crippen molar-refractivity contribution in [3.63, 3.8) is 0 Å². The monoisotopic (exact) mass is 295 g/mol. The highest BCUT2D eigenvalue weighted by Crippen LogP contribution is 2.19. The number of rotatable bonds is 5. The SMILES string of the molecule is CCN1CCCC1CN(C)C(=O)c1ccnc(NN)c1F. The number of nitrogens with one attached hydrogen (secondary N) is 1. The number of anilines is 1. The Labute approximate surface area is 124 Å². The molecule has 1 saturated heterocycles. The average molecular weight is 295 g/mol. The van der Waals surface area contributed by atoms with Gasteiger partial charge in [-0.25, -0.2) is 15.2 Å². The molecular formula is C14H22FN5O. The number of carbonyl (C=O) groups excluding carboxylic acids is 1. The maximum absolute atomic E-state index is 14.1. The summed E-state index contributed by atoms with van der Waals surface area (Å²) in [5, 5.41) is 0. The molecule has 0 bridgehead atoms. The number of carbonyl (C=O) groups is 1. The van der Waals surface area contributed by atoms with Crippen molar-refractivity contribution in [3.05, 3.63) is 23.6 Å². The fourth-order valence-electron chi connectivity index (χ4n) is 2.83. The molecular weight excluding hydrogens is 273 g/mol. The van der Waals surface area contributed by atoms with E-state index in [0.717, 1.165) is 25.9 Å². The largest absolute Gasteiger partial charge is 0.340 e. The number of hydrogen-bond acceptors (Lipinski definition) is 5. The average Bonchev–Trinajstić information content (AvgIpc) is 2.94. The summed E-state index contributed by atoms with van der Waals surface area (Å²) in [4.78, 5) is 20.0. The quantitative estimate of drug-likeness (QED) is 0.628. The first-order chi connectivity index (χ1) is 10.1. The second-order valence-electron chi connectivity index (χ2n) is 5.28. The molecule has 7 heteroatoms. The number of halogens is 1. The summed E-state index contributed by atoms with van der Waals surface area (Å²) in [5.74, 6) is 4.00. The van der Waals surface area contributed by atoms with E-state index in [4.69, 9.17) is 5.84 Å². The van der Waals surface area contributed by atoms with E-state index < -0.39 is 5.82 Å². The Hall–Kier alpha value is -1.73. The van der Waals surface area contributed by atoms with Crippen LogP contribution in [0.1, 0.15) is 30.1 Å². The van der Waals surface area contributed by atoms with Gasteiger partial charge in [-0.2, -0.15) is 0 Å². The molecule has 21 heavy (non-hydrogen) atoms. The molecule has 0 radical (unpaired) electrons. The minimum Gasteiger partial charge on any atom is -0.340 e. The lowest BCUT2D eigenvalue weighted by Crippen LogP contribution is -2.41. The molecule has 0 saturated carbocycles. The summed E-state index contributed by atoms with van der Waals surface area (Å²) >= 11 is 0. The highest BCUT2D eigenvalue weighted by atomic mass is 19.1. The fraction of sp³-hybridized carbons (Fsp3) is 0.571. The molecule has 6 nitrogen and oxygen atoms in total. The van der Waals surface area contributed by atoms with Gasteiger partial charge in [0.1, 0.15) is 0 Å². The van der Waals surface area contributed by atoms with Gasteiger partial charge in [-0.05, 0) is 32.0 Å². The number of nitrogens with zero attached hydrogens (tertiary/aromatic N) is 3. The summed E-state index contributed by atoms with van der Waals surface area (Å²) in [6.45, 7) is 4.74. The van der Waals surface area contributed by atoms with Gasteiger partial charge in [-0.1, -0.05) is 6.92 Å². The van der Waals surface area contributed by atoms with Crippen LogP contribution in [-0.2, 0) is 0 Å². The van der Waals surface area contributed by atoms with E-state index in [9.17, 15) is 9.18 Å². The highest BCUT2D eigenvalue weighted by molar-refractivity contribution is 5.95. The van der Waals surface area contributed by atoms with Gasteiger partial charge in [0.15, 0.2) is 11.6 Å². The van der Waals surface area contributed by atoms with Crippen molar-refractivity contribution in [2.24, 2.45) is 5.84 Å². The topological polar surface area (TPSA) is 74.5 Å². The fourth-order valence-corrected chi connectivity index (χ4v) is 2.83. The first-order valence-corrected chi connectivity index (χ1v) is 7.19. The van der Waals surface area contributed by atoms with Crippen LogP contribution < -0.4 is 11.3 Å². The van der Waals surface area contributed by atoms with Gasteiger partial charge in [-0.15, -0.1) is 0 Å².